The molecule has 1 fully saturated rings. The SMILES string of the molecule is Cc1c(N)cccc1C(=O)NCCC(=O)NC1CC1. The Bertz CT molecular complexity index is 495. The molecule has 5 nitrogen and oxygen atoms in total. The number of nitrogens with one attached hydrogen (secondary N) is 2. The average molecular weight is 261 g/mol. The number of nitrogen functional groups attached to an aromatic ring is 1. The van der Waals surface area contributed by atoms with Gasteiger partial charge in [-0.2, -0.15) is 0 Å². The summed E-state index contributed by atoms with van der Waals surface area (Å²) in [5.41, 5.74) is 7.67. The number of carbonyl (C=O) groups excluding carboxylic acids is 2. The zero-order valence-corrected chi connectivity index (χ0v) is 11.0. The van der Waals surface area contributed by atoms with Gasteiger partial charge in [-0.15, -0.1) is 0 Å². The van der Waals surface area contributed by atoms with Gasteiger partial charge in [-0.25, -0.2) is 0 Å². The maximum atomic E-state index is 11.9. The number of carbonyl (C=O) groups is 2. The minimum absolute atomic E-state index is 0.00732. The van der Waals surface area contributed by atoms with Gasteiger partial charge in [0.15, 0.2) is 0 Å². The summed E-state index contributed by atoms with van der Waals surface area (Å²) in [6.45, 7) is 2.15. The summed E-state index contributed by atoms with van der Waals surface area (Å²) in [5, 5.41) is 5.61. The van der Waals surface area contributed by atoms with Crippen molar-refractivity contribution in [1.29, 1.82) is 0 Å². The third-order valence-corrected chi connectivity index (χ3v) is 3.20. The second-order valence-corrected chi connectivity index (χ2v) is 4.87. The smallest absolute Gasteiger partial charge is 0.251 e. The van der Waals surface area contributed by atoms with Gasteiger partial charge in [-0.3, -0.25) is 9.59 Å². The van der Waals surface area contributed by atoms with Crippen molar-refractivity contribution in [2.24, 2.45) is 0 Å². The van der Waals surface area contributed by atoms with E-state index in [0.29, 0.717) is 30.3 Å². The molecule has 0 spiro atoms. The first-order valence-corrected chi connectivity index (χ1v) is 6.50. The molecule has 4 N–H and O–H groups in total. The molecule has 0 heterocycles. The Labute approximate surface area is 112 Å². The lowest BCUT2D eigenvalue weighted by molar-refractivity contribution is -0.121. The zero-order chi connectivity index (χ0) is 13.8. The third-order valence-electron chi connectivity index (χ3n) is 3.20. The molecule has 0 aromatic heterocycles. The molecule has 5 heteroatoms. The molecule has 1 saturated carbocycles. The van der Waals surface area contributed by atoms with E-state index >= 15 is 0 Å². The lowest BCUT2D eigenvalue weighted by Gasteiger charge is -2.09. The van der Waals surface area contributed by atoms with Crippen molar-refractivity contribution in [3.63, 3.8) is 0 Å². The maximum absolute atomic E-state index is 11.9. The van der Waals surface area contributed by atoms with Crippen molar-refractivity contribution in [2.75, 3.05) is 12.3 Å². The number of hydrogen-bond acceptors (Lipinski definition) is 3. The molecule has 1 aromatic rings. The molecule has 0 radical (unpaired) electrons. The highest BCUT2D eigenvalue weighted by atomic mass is 16.2. The first-order chi connectivity index (χ1) is 9.08. The molecule has 0 bridgehead atoms. The Morgan fingerprint density at radius 2 is 2.11 bits per heavy atom. The topological polar surface area (TPSA) is 84.2 Å². The molecular weight excluding hydrogens is 242 g/mol. The highest BCUT2D eigenvalue weighted by Crippen LogP contribution is 2.18. The minimum atomic E-state index is -0.191. The number of hydrogen-bond donors (Lipinski definition) is 3. The zero-order valence-electron chi connectivity index (χ0n) is 11.0. The van der Waals surface area contributed by atoms with E-state index < -0.39 is 0 Å². The van der Waals surface area contributed by atoms with Crippen molar-refractivity contribution < 1.29 is 9.59 Å². The van der Waals surface area contributed by atoms with E-state index in [2.05, 4.69) is 10.6 Å². The van der Waals surface area contributed by atoms with Crippen molar-refractivity contribution in [3.8, 4) is 0 Å². The standard InChI is InChI=1S/C14H19N3O2/c1-9-11(3-2-4-12(9)15)14(19)16-8-7-13(18)17-10-5-6-10/h2-4,10H,5-8,15H2,1H3,(H,16,19)(H,17,18). The first kappa shape index (κ1) is 13.4. The van der Waals surface area contributed by atoms with Crippen molar-refractivity contribution in [2.45, 2.75) is 32.2 Å². The molecule has 102 valence electrons. The van der Waals surface area contributed by atoms with Gasteiger partial charge in [0, 0.05) is 30.3 Å². The molecule has 0 saturated heterocycles. The summed E-state index contributed by atoms with van der Waals surface area (Å²) >= 11 is 0. The summed E-state index contributed by atoms with van der Waals surface area (Å²) < 4.78 is 0. The van der Waals surface area contributed by atoms with Crippen LogP contribution in [0, 0.1) is 6.92 Å². The van der Waals surface area contributed by atoms with Gasteiger partial charge in [0.25, 0.3) is 5.91 Å². The van der Waals surface area contributed by atoms with Gasteiger partial charge in [-0.05, 0) is 37.5 Å². The van der Waals surface area contributed by atoms with Crippen LogP contribution in [0.25, 0.3) is 0 Å². The van der Waals surface area contributed by atoms with E-state index in [-0.39, 0.29) is 11.8 Å². The van der Waals surface area contributed by atoms with Crippen LogP contribution in [0.1, 0.15) is 35.2 Å². The summed E-state index contributed by atoms with van der Waals surface area (Å²) in [4.78, 5) is 23.4. The maximum Gasteiger partial charge on any atom is 0.251 e. The van der Waals surface area contributed by atoms with Gasteiger partial charge < -0.3 is 16.4 Å². The van der Waals surface area contributed by atoms with E-state index in [9.17, 15) is 9.59 Å². The van der Waals surface area contributed by atoms with E-state index in [0.717, 1.165) is 18.4 Å². The average Bonchev–Trinajstić information content (AvgIpc) is 3.16. The van der Waals surface area contributed by atoms with Crippen LogP contribution in [0.3, 0.4) is 0 Å². The molecule has 0 unspecified atom stereocenters. The molecule has 2 amide bonds. The molecule has 2 rings (SSSR count). The number of rotatable bonds is 5. The van der Waals surface area contributed by atoms with E-state index in [1.807, 2.05) is 6.92 Å². The van der Waals surface area contributed by atoms with E-state index in [1.165, 1.54) is 0 Å². The fourth-order valence-corrected chi connectivity index (χ4v) is 1.81. The van der Waals surface area contributed by atoms with E-state index in [1.54, 1.807) is 18.2 Å². The summed E-state index contributed by atoms with van der Waals surface area (Å²) in [5.74, 6) is -0.198. The van der Waals surface area contributed by atoms with Crippen LogP contribution in [0.4, 0.5) is 5.69 Å². The van der Waals surface area contributed by atoms with Crippen LogP contribution in [0.2, 0.25) is 0 Å². The van der Waals surface area contributed by atoms with Gasteiger partial charge in [0.05, 0.1) is 0 Å². The lowest BCUT2D eigenvalue weighted by atomic mass is 10.1. The summed E-state index contributed by atoms with van der Waals surface area (Å²) in [7, 11) is 0. The predicted molar refractivity (Wildman–Crippen MR) is 73.7 cm³/mol. The molecule has 1 aliphatic carbocycles. The largest absolute Gasteiger partial charge is 0.398 e. The van der Waals surface area contributed by atoms with Crippen molar-refractivity contribution in [1.82, 2.24) is 10.6 Å². The Morgan fingerprint density at radius 3 is 2.79 bits per heavy atom. The second-order valence-electron chi connectivity index (χ2n) is 4.87. The Kier molecular flexibility index (Phi) is 4.04. The van der Waals surface area contributed by atoms with Crippen LogP contribution in [0.5, 0.6) is 0 Å². The van der Waals surface area contributed by atoms with Crippen LogP contribution in [-0.2, 0) is 4.79 Å². The van der Waals surface area contributed by atoms with Gasteiger partial charge in [0.1, 0.15) is 0 Å². The minimum Gasteiger partial charge on any atom is -0.398 e. The van der Waals surface area contributed by atoms with E-state index in [4.69, 9.17) is 5.73 Å². The Morgan fingerprint density at radius 1 is 1.37 bits per heavy atom. The van der Waals surface area contributed by atoms with Gasteiger partial charge in [0.2, 0.25) is 5.91 Å². The fraction of sp³-hybridized carbons (Fsp3) is 0.429. The van der Waals surface area contributed by atoms with Crippen LogP contribution in [-0.4, -0.2) is 24.4 Å². The highest BCUT2D eigenvalue weighted by molar-refractivity contribution is 5.97. The van der Waals surface area contributed by atoms with Crippen molar-refractivity contribution >= 4 is 17.5 Å². The summed E-state index contributed by atoms with van der Waals surface area (Å²) in [6, 6.07) is 5.59. The first-order valence-electron chi connectivity index (χ1n) is 6.50. The molecular formula is C14H19N3O2. The number of benzene rings is 1. The van der Waals surface area contributed by atoms with Crippen molar-refractivity contribution in [3.05, 3.63) is 29.3 Å². The fourth-order valence-electron chi connectivity index (χ4n) is 1.81. The molecule has 1 aliphatic rings. The predicted octanol–water partition coefficient (Wildman–Crippen LogP) is 0.976. The number of anilines is 1. The molecule has 0 aliphatic heterocycles. The lowest BCUT2D eigenvalue weighted by Crippen LogP contribution is -2.32. The van der Waals surface area contributed by atoms with Crippen LogP contribution >= 0.6 is 0 Å². The highest BCUT2D eigenvalue weighted by Gasteiger charge is 2.22. The molecule has 0 atom stereocenters. The number of nitrogens with two attached hydrogens (primary N) is 1. The van der Waals surface area contributed by atoms with Gasteiger partial charge >= 0.3 is 0 Å². The normalized spacial score (nSPS) is 13.9. The van der Waals surface area contributed by atoms with Crippen LogP contribution < -0.4 is 16.4 Å². The quantitative estimate of drug-likeness (QED) is 0.691. The van der Waals surface area contributed by atoms with Crippen LogP contribution in [0.15, 0.2) is 18.2 Å². The summed E-state index contributed by atoms with van der Waals surface area (Å²) in [6.07, 6.45) is 2.45. The van der Waals surface area contributed by atoms with Gasteiger partial charge in [-0.1, -0.05) is 6.07 Å². The second kappa shape index (κ2) is 5.73. The number of amides is 2. The molecule has 1 aromatic carbocycles. The monoisotopic (exact) mass is 261 g/mol. The third kappa shape index (κ3) is 3.71. The molecule has 19 heavy (non-hydrogen) atoms. The Balaban J connectivity index is 1.80. The Hall–Kier alpha value is -2.04.